The van der Waals surface area contributed by atoms with Crippen molar-refractivity contribution in [3.63, 3.8) is 0 Å². The van der Waals surface area contributed by atoms with E-state index in [0.29, 0.717) is 5.69 Å². The number of nitrogens with two attached hydrogens (primary N) is 1. The number of halogens is 2. The van der Waals surface area contributed by atoms with E-state index in [-0.39, 0.29) is 22.4 Å². The van der Waals surface area contributed by atoms with Crippen molar-refractivity contribution in [2.24, 2.45) is 0 Å². The molecular formula is C13H11BrClN3O. The average Bonchev–Trinajstić information content (AvgIpc) is 2.35. The Hall–Kier alpha value is -1.59. The highest BCUT2D eigenvalue weighted by atomic mass is 79.9. The lowest BCUT2D eigenvalue weighted by Crippen LogP contribution is -2.15. The van der Waals surface area contributed by atoms with Crippen LogP contribution < -0.4 is 11.1 Å². The van der Waals surface area contributed by atoms with E-state index in [4.69, 9.17) is 17.3 Å². The van der Waals surface area contributed by atoms with Crippen molar-refractivity contribution >= 4 is 44.9 Å². The molecule has 0 spiro atoms. The standard InChI is InChI=1S/C13H11BrClN3O/c1-7-6-8(14)2-4-10(7)17-13(19)12-9(15)3-5-11(16)18-12/h2-6H,1H3,(H2,16,18)(H,17,19). The molecule has 3 N–H and O–H groups in total. The van der Waals surface area contributed by atoms with Gasteiger partial charge in [-0.15, -0.1) is 0 Å². The summed E-state index contributed by atoms with van der Waals surface area (Å²) in [6.45, 7) is 1.90. The first-order valence-corrected chi connectivity index (χ1v) is 6.64. The molecule has 1 amide bonds. The van der Waals surface area contributed by atoms with Crippen LogP contribution in [-0.4, -0.2) is 10.9 Å². The van der Waals surface area contributed by atoms with E-state index in [1.54, 1.807) is 18.2 Å². The zero-order valence-corrected chi connectivity index (χ0v) is 12.4. The highest BCUT2D eigenvalue weighted by Gasteiger charge is 2.13. The molecule has 0 aliphatic heterocycles. The Bertz CT molecular complexity index is 646. The van der Waals surface area contributed by atoms with Gasteiger partial charge in [-0.25, -0.2) is 4.98 Å². The second kappa shape index (κ2) is 5.59. The average molecular weight is 341 g/mol. The van der Waals surface area contributed by atoms with Gasteiger partial charge in [-0.1, -0.05) is 27.5 Å². The van der Waals surface area contributed by atoms with Gasteiger partial charge in [0.1, 0.15) is 11.5 Å². The Balaban J connectivity index is 2.28. The molecule has 0 saturated carbocycles. The lowest BCUT2D eigenvalue weighted by molar-refractivity contribution is 0.102. The molecule has 6 heteroatoms. The van der Waals surface area contributed by atoms with E-state index in [1.165, 1.54) is 0 Å². The number of benzene rings is 1. The molecule has 2 rings (SSSR count). The summed E-state index contributed by atoms with van der Waals surface area (Å²) < 4.78 is 0.947. The summed E-state index contributed by atoms with van der Waals surface area (Å²) in [6.07, 6.45) is 0. The molecule has 98 valence electrons. The van der Waals surface area contributed by atoms with Gasteiger partial charge in [0.2, 0.25) is 0 Å². The van der Waals surface area contributed by atoms with Gasteiger partial charge in [0.05, 0.1) is 5.02 Å². The quantitative estimate of drug-likeness (QED) is 0.877. The minimum Gasteiger partial charge on any atom is -0.384 e. The Morgan fingerprint density at radius 2 is 2.11 bits per heavy atom. The van der Waals surface area contributed by atoms with Gasteiger partial charge in [0.15, 0.2) is 0 Å². The molecule has 1 aromatic heterocycles. The molecule has 0 fully saturated rings. The summed E-state index contributed by atoms with van der Waals surface area (Å²) in [5, 5.41) is 3.02. The number of aromatic nitrogens is 1. The van der Waals surface area contributed by atoms with E-state index in [1.807, 2.05) is 19.1 Å². The Labute approximate surface area is 124 Å². The van der Waals surface area contributed by atoms with Gasteiger partial charge in [-0.2, -0.15) is 0 Å². The third kappa shape index (κ3) is 3.24. The first-order chi connectivity index (χ1) is 8.97. The predicted octanol–water partition coefficient (Wildman–Crippen LogP) is 3.64. The van der Waals surface area contributed by atoms with Crippen molar-refractivity contribution in [1.29, 1.82) is 0 Å². The molecule has 0 unspecified atom stereocenters. The lowest BCUT2D eigenvalue weighted by Gasteiger charge is -2.09. The van der Waals surface area contributed by atoms with Crippen molar-refractivity contribution in [3.05, 3.63) is 51.1 Å². The van der Waals surface area contributed by atoms with Crippen LogP contribution in [0.4, 0.5) is 11.5 Å². The number of nitrogen functional groups attached to an aromatic ring is 1. The van der Waals surface area contributed by atoms with Crippen molar-refractivity contribution in [2.75, 3.05) is 11.1 Å². The first kappa shape index (κ1) is 13.8. The molecule has 0 atom stereocenters. The summed E-state index contributed by atoms with van der Waals surface area (Å²) in [4.78, 5) is 16.0. The number of amides is 1. The van der Waals surface area contributed by atoms with E-state index in [9.17, 15) is 4.79 Å². The van der Waals surface area contributed by atoms with Crippen LogP contribution in [0.15, 0.2) is 34.8 Å². The monoisotopic (exact) mass is 339 g/mol. The maximum atomic E-state index is 12.1. The number of nitrogens with zero attached hydrogens (tertiary/aromatic N) is 1. The van der Waals surface area contributed by atoms with Crippen LogP contribution in [0.3, 0.4) is 0 Å². The zero-order chi connectivity index (χ0) is 14.0. The fourth-order valence-corrected chi connectivity index (χ4v) is 2.23. The van der Waals surface area contributed by atoms with Crippen LogP contribution in [0.1, 0.15) is 16.1 Å². The largest absolute Gasteiger partial charge is 0.384 e. The Morgan fingerprint density at radius 1 is 1.37 bits per heavy atom. The highest BCUT2D eigenvalue weighted by Crippen LogP contribution is 2.22. The van der Waals surface area contributed by atoms with Gasteiger partial charge in [0.25, 0.3) is 5.91 Å². The van der Waals surface area contributed by atoms with E-state index < -0.39 is 0 Å². The predicted molar refractivity (Wildman–Crippen MR) is 80.5 cm³/mol. The SMILES string of the molecule is Cc1cc(Br)ccc1NC(=O)c1nc(N)ccc1Cl. The number of carbonyl (C=O) groups excluding carboxylic acids is 1. The zero-order valence-electron chi connectivity index (χ0n) is 10.1. The van der Waals surface area contributed by atoms with Crippen LogP contribution in [0.2, 0.25) is 5.02 Å². The number of anilines is 2. The molecule has 0 radical (unpaired) electrons. The molecule has 0 aliphatic carbocycles. The number of nitrogens with one attached hydrogen (secondary N) is 1. The maximum absolute atomic E-state index is 12.1. The van der Waals surface area contributed by atoms with Gasteiger partial charge < -0.3 is 11.1 Å². The number of aryl methyl sites for hydroxylation is 1. The first-order valence-electron chi connectivity index (χ1n) is 5.47. The summed E-state index contributed by atoms with van der Waals surface area (Å²) in [7, 11) is 0. The maximum Gasteiger partial charge on any atom is 0.275 e. The number of pyridine rings is 1. The van der Waals surface area contributed by atoms with Gasteiger partial charge >= 0.3 is 0 Å². The number of hydrogen-bond acceptors (Lipinski definition) is 3. The van der Waals surface area contributed by atoms with Gasteiger partial charge in [-0.3, -0.25) is 4.79 Å². The number of rotatable bonds is 2. The van der Waals surface area contributed by atoms with Crippen molar-refractivity contribution in [2.45, 2.75) is 6.92 Å². The molecule has 0 bridgehead atoms. The van der Waals surface area contributed by atoms with Gasteiger partial charge in [-0.05, 0) is 42.8 Å². The minimum atomic E-state index is -0.386. The fourth-order valence-electron chi connectivity index (χ4n) is 1.57. The van der Waals surface area contributed by atoms with E-state index in [2.05, 4.69) is 26.2 Å². The highest BCUT2D eigenvalue weighted by molar-refractivity contribution is 9.10. The van der Waals surface area contributed by atoms with Crippen LogP contribution in [0, 0.1) is 6.92 Å². The van der Waals surface area contributed by atoms with Crippen LogP contribution in [0.5, 0.6) is 0 Å². The fraction of sp³-hybridized carbons (Fsp3) is 0.0769. The van der Waals surface area contributed by atoms with E-state index >= 15 is 0 Å². The molecule has 0 saturated heterocycles. The second-order valence-electron chi connectivity index (χ2n) is 3.98. The van der Waals surface area contributed by atoms with Crippen molar-refractivity contribution < 1.29 is 4.79 Å². The van der Waals surface area contributed by atoms with Crippen LogP contribution in [0.25, 0.3) is 0 Å². The number of hydrogen-bond donors (Lipinski definition) is 2. The van der Waals surface area contributed by atoms with Crippen LogP contribution in [-0.2, 0) is 0 Å². The molecule has 0 aliphatic rings. The molecule has 19 heavy (non-hydrogen) atoms. The Kier molecular flexibility index (Phi) is 4.07. The lowest BCUT2D eigenvalue weighted by atomic mass is 10.2. The topological polar surface area (TPSA) is 68.0 Å². The number of carbonyl (C=O) groups is 1. The van der Waals surface area contributed by atoms with E-state index in [0.717, 1.165) is 10.0 Å². The summed E-state index contributed by atoms with van der Waals surface area (Å²) in [5.41, 5.74) is 7.30. The third-order valence-corrected chi connectivity index (χ3v) is 3.32. The second-order valence-corrected chi connectivity index (χ2v) is 5.30. The Morgan fingerprint density at radius 3 is 2.79 bits per heavy atom. The van der Waals surface area contributed by atoms with Crippen LogP contribution >= 0.6 is 27.5 Å². The molecule has 1 aromatic carbocycles. The summed E-state index contributed by atoms with van der Waals surface area (Å²) >= 11 is 9.30. The third-order valence-electron chi connectivity index (χ3n) is 2.52. The smallest absolute Gasteiger partial charge is 0.275 e. The normalized spacial score (nSPS) is 10.3. The molecule has 2 aromatic rings. The minimum absolute atomic E-state index is 0.115. The van der Waals surface area contributed by atoms with Gasteiger partial charge in [0, 0.05) is 10.2 Å². The van der Waals surface area contributed by atoms with Crippen molar-refractivity contribution in [3.8, 4) is 0 Å². The molecular weight excluding hydrogens is 330 g/mol. The summed E-state index contributed by atoms with van der Waals surface area (Å²) in [6, 6.07) is 8.65. The summed E-state index contributed by atoms with van der Waals surface area (Å²) in [5.74, 6) is -0.134. The molecule has 4 nitrogen and oxygen atoms in total. The van der Waals surface area contributed by atoms with Crippen molar-refractivity contribution in [1.82, 2.24) is 4.98 Å². The molecule has 1 heterocycles.